The van der Waals surface area contributed by atoms with Crippen molar-refractivity contribution >= 4 is 10.9 Å². The van der Waals surface area contributed by atoms with Crippen molar-refractivity contribution in [2.24, 2.45) is 0 Å². The number of aromatic hydroxyl groups is 1. The number of aromatic nitrogens is 1. The van der Waals surface area contributed by atoms with Crippen molar-refractivity contribution in [1.29, 1.82) is 0 Å². The van der Waals surface area contributed by atoms with Crippen molar-refractivity contribution in [1.82, 2.24) is 9.88 Å². The molecule has 0 unspecified atom stereocenters. The standard InChI is InChI=1S/C17H22N2O/c20-15-7-8-16-14(13-18-17(16)12-15)6-2-5-11-19-9-3-1-4-10-19/h1,3,7-8,12-13,18,20H,2,4-6,9-11H2. The first-order valence-corrected chi connectivity index (χ1v) is 7.49. The number of rotatable bonds is 5. The lowest BCUT2D eigenvalue weighted by atomic mass is 10.1. The van der Waals surface area contributed by atoms with Gasteiger partial charge in [-0.25, -0.2) is 0 Å². The van der Waals surface area contributed by atoms with Gasteiger partial charge >= 0.3 is 0 Å². The maximum Gasteiger partial charge on any atom is 0.117 e. The molecule has 2 aromatic rings. The minimum Gasteiger partial charge on any atom is -0.508 e. The van der Waals surface area contributed by atoms with E-state index in [1.807, 2.05) is 6.07 Å². The topological polar surface area (TPSA) is 39.3 Å². The van der Waals surface area contributed by atoms with Crippen LogP contribution in [0, 0.1) is 0 Å². The average Bonchev–Trinajstić information content (AvgIpc) is 2.87. The van der Waals surface area contributed by atoms with E-state index in [1.54, 1.807) is 12.1 Å². The second-order valence-electron chi connectivity index (χ2n) is 5.56. The minimum atomic E-state index is 0.323. The van der Waals surface area contributed by atoms with E-state index in [4.69, 9.17) is 0 Å². The van der Waals surface area contributed by atoms with Gasteiger partial charge in [-0.05, 0) is 49.9 Å². The normalized spacial score (nSPS) is 16.0. The number of aryl methyl sites for hydroxylation is 1. The molecule has 1 aromatic carbocycles. The zero-order chi connectivity index (χ0) is 13.8. The van der Waals surface area contributed by atoms with Crippen LogP contribution < -0.4 is 0 Å². The highest BCUT2D eigenvalue weighted by Gasteiger charge is 2.07. The van der Waals surface area contributed by atoms with Crippen LogP contribution in [0.25, 0.3) is 10.9 Å². The Labute approximate surface area is 119 Å². The van der Waals surface area contributed by atoms with Gasteiger partial charge in [0.05, 0.1) is 0 Å². The molecule has 0 saturated heterocycles. The summed E-state index contributed by atoms with van der Waals surface area (Å²) in [7, 11) is 0. The molecular weight excluding hydrogens is 248 g/mol. The van der Waals surface area contributed by atoms with Gasteiger partial charge in [0.1, 0.15) is 5.75 Å². The second kappa shape index (κ2) is 6.14. The van der Waals surface area contributed by atoms with Crippen LogP contribution in [0.3, 0.4) is 0 Å². The van der Waals surface area contributed by atoms with Crippen molar-refractivity contribution in [3.63, 3.8) is 0 Å². The van der Waals surface area contributed by atoms with Gasteiger partial charge in [0.15, 0.2) is 0 Å². The first-order chi connectivity index (χ1) is 9.83. The molecule has 20 heavy (non-hydrogen) atoms. The summed E-state index contributed by atoms with van der Waals surface area (Å²) >= 11 is 0. The van der Waals surface area contributed by atoms with Crippen molar-refractivity contribution in [3.05, 3.63) is 42.1 Å². The smallest absolute Gasteiger partial charge is 0.117 e. The lowest BCUT2D eigenvalue weighted by molar-refractivity contribution is 0.292. The fourth-order valence-electron chi connectivity index (χ4n) is 2.92. The van der Waals surface area contributed by atoms with Crippen molar-refractivity contribution in [2.45, 2.75) is 25.7 Å². The van der Waals surface area contributed by atoms with E-state index >= 15 is 0 Å². The van der Waals surface area contributed by atoms with Crippen molar-refractivity contribution < 1.29 is 5.11 Å². The Morgan fingerprint density at radius 1 is 1.20 bits per heavy atom. The Morgan fingerprint density at radius 3 is 3.00 bits per heavy atom. The quantitative estimate of drug-likeness (QED) is 0.645. The van der Waals surface area contributed by atoms with Gasteiger partial charge in [-0.15, -0.1) is 0 Å². The van der Waals surface area contributed by atoms with E-state index in [-0.39, 0.29) is 0 Å². The van der Waals surface area contributed by atoms with Gasteiger partial charge in [-0.1, -0.05) is 12.2 Å². The first-order valence-electron chi connectivity index (χ1n) is 7.49. The zero-order valence-electron chi connectivity index (χ0n) is 11.8. The number of hydrogen-bond donors (Lipinski definition) is 2. The number of fused-ring (bicyclic) bond motifs is 1. The predicted molar refractivity (Wildman–Crippen MR) is 83.1 cm³/mol. The van der Waals surface area contributed by atoms with Crippen LogP contribution in [-0.2, 0) is 6.42 Å². The molecule has 0 aliphatic carbocycles. The molecule has 0 atom stereocenters. The molecule has 1 aliphatic rings. The van der Waals surface area contributed by atoms with E-state index in [2.05, 4.69) is 28.2 Å². The van der Waals surface area contributed by atoms with Gasteiger partial charge in [-0.3, -0.25) is 4.90 Å². The SMILES string of the molecule is Oc1ccc2c(CCCCN3CC=CCC3)c[nH]c2c1. The van der Waals surface area contributed by atoms with Gasteiger partial charge in [-0.2, -0.15) is 0 Å². The van der Waals surface area contributed by atoms with Gasteiger partial charge in [0.25, 0.3) is 0 Å². The van der Waals surface area contributed by atoms with E-state index in [1.165, 1.54) is 43.3 Å². The van der Waals surface area contributed by atoms with Crippen LogP contribution in [0.5, 0.6) is 5.75 Å². The maximum absolute atomic E-state index is 9.47. The molecular formula is C17H22N2O. The van der Waals surface area contributed by atoms with Gasteiger partial charge in [0, 0.05) is 36.3 Å². The molecule has 2 N–H and O–H groups in total. The molecule has 1 aliphatic heterocycles. The molecule has 3 heteroatoms. The molecule has 3 nitrogen and oxygen atoms in total. The van der Waals surface area contributed by atoms with E-state index in [9.17, 15) is 5.11 Å². The number of unbranched alkanes of at least 4 members (excludes halogenated alkanes) is 1. The summed E-state index contributed by atoms with van der Waals surface area (Å²) < 4.78 is 0. The summed E-state index contributed by atoms with van der Waals surface area (Å²) in [5.41, 5.74) is 2.39. The molecule has 0 bridgehead atoms. The molecule has 0 amide bonds. The largest absolute Gasteiger partial charge is 0.508 e. The summed E-state index contributed by atoms with van der Waals surface area (Å²) in [6.45, 7) is 3.53. The average molecular weight is 270 g/mol. The lowest BCUT2D eigenvalue weighted by Gasteiger charge is -2.22. The van der Waals surface area contributed by atoms with Crippen molar-refractivity contribution in [2.75, 3.05) is 19.6 Å². The highest BCUT2D eigenvalue weighted by Crippen LogP contribution is 2.23. The second-order valence-corrected chi connectivity index (χ2v) is 5.56. The number of nitrogens with zero attached hydrogens (tertiary/aromatic N) is 1. The molecule has 0 fully saturated rings. The predicted octanol–water partition coefficient (Wildman–Crippen LogP) is 3.46. The highest BCUT2D eigenvalue weighted by molar-refractivity contribution is 5.84. The number of aromatic amines is 1. The summed E-state index contributed by atoms with van der Waals surface area (Å²) in [6.07, 6.45) is 11.4. The highest BCUT2D eigenvalue weighted by atomic mass is 16.3. The number of phenolic OH excluding ortho intramolecular Hbond substituents is 1. The minimum absolute atomic E-state index is 0.323. The monoisotopic (exact) mass is 270 g/mol. The summed E-state index contributed by atoms with van der Waals surface area (Å²) in [5, 5.41) is 10.7. The van der Waals surface area contributed by atoms with Crippen LogP contribution in [0.15, 0.2) is 36.5 Å². The van der Waals surface area contributed by atoms with Crippen molar-refractivity contribution in [3.8, 4) is 5.75 Å². The number of phenols is 1. The van der Waals surface area contributed by atoms with E-state index in [0.717, 1.165) is 18.5 Å². The summed E-state index contributed by atoms with van der Waals surface area (Å²) in [4.78, 5) is 5.76. The molecule has 2 heterocycles. The zero-order valence-corrected chi connectivity index (χ0v) is 11.8. The van der Waals surface area contributed by atoms with Gasteiger partial charge in [0.2, 0.25) is 0 Å². The number of H-pyrrole nitrogens is 1. The molecule has 0 radical (unpaired) electrons. The van der Waals surface area contributed by atoms with Crippen LogP contribution in [-0.4, -0.2) is 34.6 Å². The Kier molecular flexibility index (Phi) is 4.07. The van der Waals surface area contributed by atoms with E-state index < -0.39 is 0 Å². The van der Waals surface area contributed by atoms with Crippen LogP contribution in [0.4, 0.5) is 0 Å². The van der Waals surface area contributed by atoms with Crippen LogP contribution >= 0.6 is 0 Å². The summed E-state index contributed by atoms with van der Waals surface area (Å²) in [5.74, 6) is 0.323. The van der Waals surface area contributed by atoms with Crippen LogP contribution in [0.2, 0.25) is 0 Å². The molecule has 1 aromatic heterocycles. The lowest BCUT2D eigenvalue weighted by Crippen LogP contribution is -2.28. The maximum atomic E-state index is 9.47. The van der Waals surface area contributed by atoms with E-state index in [0.29, 0.717) is 5.75 Å². The molecule has 0 spiro atoms. The Bertz CT molecular complexity index is 600. The molecule has 3 rings (SSSR count). The third kappa shape index (κ3) is 3.05. The number of hydrogen-bond acceptors (Lipinski definition) is 2. The Hall–Kier alpha value is -1.74. The van der Waals surface area contributed by atoms with Gasteiger partial charge < -0.3 is 10.1 Å². The Morgan fingerprint density at radius 2 is 2.15 bits per heavy atom. The molecule has 106 valence electrons. The third-order valence-corrected chi connectivity index (χ3v) is 4.06. The Balaban J connectivity index is 1.51. The first kappa shape index (κ1) is 13.3. The third-order valence-electron chi connectivity index (χ3n) is 4.06. The van der Waals surface area contributed by atoms with Crippen LogP contribution in [0.1, 0.15) is 24.8 Å². The number of nitrogens with one attached hydrogen (secondary N) is 1. The fourth-order valence-corrected chi connectivity index (χ4v) is 2.92. The summed E-state index contributed by atoms with van der Waals surface area (Å²) in [6, 6.07) is 5.56. The molecule has 0 saturated carbocycles. The fraction of sp³-hybridized carbons (Fsp3) is 0.412. The number of benzene rings is 1.